The fraction of sp³-hybridized carbons (Fsp3) is 0.0870. The van der Waals surface area contributed by atoms with Crippen LogP contribution in [0.3, 0.4) is 0 Å². The molecule has 1 atom stereocenters. The van der Waals surface area contributed by atoms with Gasteiger partial charge in [0.1, 0.15) is 6.07 Å². The second-order valence-corrected chi connectivity index (χ2v) is 6.40. The van der Waals surface area contributed by atoms with Gasteiger partial charge in [0, 0.05) is 16.7 Å². The Morgan fingerprint density at radius 3 is 2.33 bits per heavy atom. The molecule has 4 nitrogen and oxygen atoms in total. The minimum Gasteiger partial charge on any atom is -0.272 e. The van der Waals surface area contributed by atoms with Gasteiger partial charge in [0.2, 0.25) is 6.17 Å². The van der Waals surface area contributed by atoms with Gasteiger partial charge in [-0.1, -0.05) is 66.2 Å². The van der Waals surface area contributed by atoms with E-state index in [1.807, 2.05) is 73.7 Å². The summed E-state index contributed by atoms with van der Waals surface area (Å²) in [6.45, 7) is 1.97. The first-order valence-corrected chi connectivity index (χ1v) is 8.71. The number of fused-ring (bicyclic) bond motifs is 1. The zero-order valence-corrected chi connectivity index (χ0v) is 14.8. The molecule has 1 aliphatic rings. The highest BCUT2D eigenvalue weighted by Crippen LogP contribution is 2.32. The normalized spacial score (nSPS) is 15.5. The standard InChI is InChI=1S/C23H17N3O/c1-16-11-13-18(14-12-16)23(27)26-20-10-6-5-9-19(20)22(25-21(26)15-24)17-7-3-2-4-8-17/h2-14,21H,1H3. The van der Waals surface area contributed by atoms with Crippen LogP contribution in [-0.2, 0) is 0 Å². The molecule has 0 aliphatic carbocycles. The first kappa shape index (κ1) is 16.7. The Labute approximate surface area is 158 Å². The summed E-state index contributed by atoms with van der Waals surface area (Å²) in [7, 11) is 0. The monoisotopic (exact) mass is 351 g/mol. The highest BCUT2D eigenvalue weighted by atomic mass is 16.2. The van der Waals surface area contributed by atoms with Crippen molar-refractivity contribution in [3.8, 4) is 6.07 Å². The number of anilines is 1. The molecule has 0 bridgehead atoms. The lowest BCUT2D eigenvalue weighted by Crippen LogP contribution is -2.42. The van der Waals surface area contributed by atoms with Crippen LogP contribution in [0.15, 0.2) is 83.9 Å². The molecule has 0 saturated carbocycles. The number of amides is 1. The lowest BCUT2D eigenvalue weighted by atomic mass is 9.97. The molecule has 27 heavy (non-hydrogen) atoms. The van der Waals surface area contributed by atoms with Crippen molar-refractivity contribution in [2.24, 2.45) is 4.99 Å². The van der Waals surface area contributed by atoms with E-state index in [1.165, 1.54) is 4.90 Å². The predicted octanol–water partition coefficient (Wildman–Crippen LogP) is 4.34. The molecule has 130 valence electrons. The van der Waals surface area contributed by atoms with E-state index >= 15 is 0 Å². The third-order valence-electron chi connectivity index (χ3n) is 4.59. The summed E-state index contributed by atoms with van der Waals surface area (Å²) in [5.74, 6) is -0.232. The zero-order valence-electron chi connectivity index (χ0n) is 14.8. The second kappa shape index (κ2) is 6.89. The first-order chi connectivity index (χ1) is 13.2. The van der Waals surface area contributed by atoms with E-state index < -0.39 is 6.17 Å². The van der Waals surface area contributed by atoms with Crippen molar-refractivity contribution >= 4 is 17.3 Å². The Bertz CT molecular complexity index is 1060. The summed E-state index contributed by atoms with van der Waals surface area (Å²) in [6.07, 6.45) is -0.913. The number of aryl methyl sites for hydroxylation is 1. The van der Waals surface area contributed by atoms with Crippen molar-refractivity contribution in [1.29, 1.82) is 5.26 Å². The van der Waals surface area contributed by atoms with Crippen LogP contribution in [0.4, 0.5) is 5.69 Å². The number of carbonyl (C=O) groups excluding carboxylic acids is 1. The Morgan fingerprint density at radius 2 is 1.63 bits per heavy atom. The molecular formula is C23H17N3O. The lowest BCUT2D eigenvalue weighted by molar-refractivity contribution is 0.0982. The SMILES string of the molecule is Cc1ccc(C(=O)N2c3ccccc3C(c3ccccc3)=NC2C#N)cc1. The molecule has 3 aromatic carbocycles. The summed E-state index contributed by atoms with van der Waals surface area (Å²) >= 11 is 0. The molecule has 0 N–H and O–H groups in total. The maximum absolute atomic E-state index is 13.2. The zero-order chi connectivity index (χ0) is 18.8. The Balaban J connectivity index is 1.85. The van der Waals surface area contributed by atoms with Gasteiger partial charge in [0.25, 0.3) is 5.91 Å². The topological polar surface area (TPSA) is 56.5 Å². The number of benzene rings is 3. The summed E-state index contributed by atoms with van der Waals surface area (Å²) in [6, 6.07) is 26.8. The van der Waals surface area contributed by atoms with E-state index in [9.17, 15) is 10.1 Å². The number of hydrogen-bond donors (Lipinski definition) is 0. The summed E-state index contributed by atoms with van der Waals surface area (Å²) < 4.78 is 0. The van der Waals surface area contributed by atoms with E-state index in [4.69, 9.17) is 0 Å². The van der Waals surface area contributed by atoms with E-state index in [0.717, 1.165) is 22.4 Å². The molecule has 4 heteroatoms. The first-order valence-electron chi connectivity index (χ1n) is 8.71. The van der Waals surface area contributed by atoms with Crippen LogP contribution in [0.25, 0.3) is 0 Å². The highest BCUT2D eigenvalue weighted by Gasteiger charge is 2.33. The number of hydrogen-bond acceptors (Lipinski definition) is 3. The number of para-hydroxylation sites is 1. The van der Waals surface area contributed by atoms with Gasteiger partial charge in [-0.2, -0.15) is 5.26 Å². The Morgan fingerprint density at radius 1 is 0.963 bits per heavy atom. The molecule has 1 aliphatic heterocycles. The van der Waals surface area contributed by atoms with E-state index in [0.29, 0.717) is 11.3 Å². The molecule has 1 amide bonds. The van der Waals surface area contributed by atoms with Crippen molar-refractivity contribution in [3.05, 3.63) is 101 Å². The van der Waals surface area contributed by atoms with Crippen LogP contribution < -0.4 is 4.90 Å². The van der Waals surface area contributed by atoms with Crippen LogP contribution in [0, 0.1) is 18.3 Å². The van der Waals surface area contributed by atoms with Gasteiger partial charge in [-0.05, 0) is 25.1 Å². The minimum atomic E-state index is -0.913. The largest absolute Gasteiger partial charge is 0.272 e. The smallest absolute Gasteiger partial charge is 0.260 e. The fourth-order valence-electron chi connectivity index (χ4n) is 3.23. The predicted molar refractivity (Wildman–Crippen MR) is 106 cm³/mol. The van der Waals surface area contributed by atoms with Crippen LogP contribution in [0.1, 0.15) is 27.0 Å². The van der Waals surface area contributed by atoms with E-state index in [1.54, 1.807) is 12.1 Å². The van der Waals surface area contributed by atoms with Crippen LogP contribution in [0.5, 0.6) is 0 Å². The van der Waals surface area contributed by atoms with Gasteiger partial charge in [0.15, 0.2) is 0 Å². The van der Waals surface area contributed by atoms with Crippen LogP contribution in [-0.4, -0.2) is 17.8 Å². The second-order valence-electron chi connectivity index (χ2n) is 6.40. The molecule has 0 fully saturated rings. The molecular weight excluding hydrogens is 334 g/mol. The van der Waals surface area contributed by atoms with Crippen molar-refractivity contribution in [1.82, 2.24) is 0 Å². The maximum atomic E-state index is 13.2. The summed E-state index contributed by atoms with van der Waals surface area (Å²) in [4.78, 5) is 19.3. The molecule has 1 heterocycles. The maximum Gasteiger partial charge on any atom is 0.260 e. The molecule has 3 aromatic rings. The lowest BCUT2D eigenvalue weighted by Gasteiger charge is -2.32. The quantitative estimate of drug-likeness (QED) is 0.689. The minimum absolute atomic E-state index is 0.232. The number of aliphatic imine (C=N–C) groups is 1. The third-order valence-corrected chi connectivity index (χ3v) is 4.59. The number of nitrogens with zero attached hydrogens (tertiary/aromatic N) is 3. The van der Waals surface area contributed by atoms with E-state index in [2.05, 4.69) is 11.1 Å². The van der Waals surface area contributed by atoms with Crippen molar-refractivity contribution < 1.29 is 4.79 Å². The number of nitriles is 1. The average molecular weight is 351 g/mol. The molecule has 4 rings (SSSR count). The van der Waals surface area contributed by atoms with Crippen LogP contribution >= 0.6 is 0 Å². The van der Waals surface area contributed by atoms with Gasteiger partial charge in [-0.3, -0.25) is 9.69 Å². The van der Waals surface area contributed by atoms with Gasteiger partial charge >= 0.3 is 0 Å². The molecule has 0 saturated heterocycles. The number of rotatable bonds is 2. The van der Waals surface area contributed by atoms with Gasteiger partial charge in [-0.15, -0.1) is 0 Å². The molecule has 0 spiro atoms. The third kappa shape index (κ3) is 3.00. The highest BCUT2D eigenvalue weighted by molar-refractivity contribution is 6.20. The average Bonchev–Trinajstić information content (AvgIpc) is 2.73. The van der Waals surface area contributed by atoms with Gasteiger partial charge < -0.3 is 0 Å². The van der Waals surface area contributed by atoms with Crippen LogP contribution in [0.2, 0.25) is 0 Å². The molecule has 0 radical (unpaired) electrons. The summed E-state index contributed by atoms with van der Waals surface area (Å²) in [5.41, 5.74) is 4.80. The van der Waals surface area contributed by atoms with Crippen molar-refractivity contribution in [3.63, 3.8) is 0 Å². The van der Waals surface area contributed by atoms with Gasteiger partial charge in [-0.25, -0.2) is 4.99 Å². The number of carbonyl (C=O) groups is 1. The Hall–Kier alpha value is -3.71. The fourth-order valence-corrected chi connectivity index (χ4v) is 3.23. The summed E-state index contributed by atoms with van der Waals surface area (Å²) in [5, 5.41) is 9.74. The molecule has 1 unspecified atom stereocenters. The Kier molecular flexibility index (Phi) is 4.27. The molecule has 0 aromatic heterocycles. The van der Waals surface area contributed by atoms with E-state index in [-0.39, 0.29) is 5.91 Å². The van der Waals surface area contributed by atoms with Crippen molar-refractivity contribution in [2.45, 2.75) is 13.1 Å². The van der Waals surface area contributed by atoms with Crippen molar-refractivity contribution in [2.75, 3.05) is 4.90 Å². The van der Waals surface area contributed by atoms with Gasteiger partial charge in [0.05, 0.1) is 11.4 Å².